The summed E-state index contributed by atoms with van der Waals surface area (Å²) in [6, 6.07) is 5.03. The van der Waals surface area contributed by atoms with E-state index in [-0.39, 0.29) is 5.82 Å². The molecule has 4 aromatic heterocycles. The van der Waals surface area contributed by atoms with Gasteiger partial charge in [0, 0.05) is 49.2 Å². The first kappa shape index (κ1) is 21.8. The van der Waals surface area contributed by atoms with Crippen molar-refractivity contribution in [2.24, 2.45) is 0 Å². The van der Waals surface area contributed by atoms with E-state index in [0.29, 0.717) is 49.7 Å². The summed E-state index contributed by atoms with van der Waals surface area (Å²) in [6.07, 6.45) is 4.62. The van der Waals surface area contributed by atoms with E-state index >= 15 is 4.39 Å². The van der Waals surface area contributed by atoms with E-state index in [1.807, 2.05) is 0 Å². The van der Waals surface area contributed by atoms with Crippen LogP contribution >= 0.6 is 23.5 Å². The van der Waals surface area contributed by atoms with Crippen LogP contribution in [0.2, 0.25) is 5.02 Å². The van der Waals surface area contributed by atoms with Gasteiger partial charge in [0.1, 0.15) is 5.82 Å². The smallest absolute Gasteiger partial charge is 0.228 e. The van der Waals surface area contributed by atoms with Crippen molar-refractivity contribution >= 4 is 52.2 Å². The lowest BCUT2D eigenvalue weighted by molar-refractivity contribution is 0.387. The van der Waals surface area contributed by atoms with Gasteiger partial charge in [-0.15, -0.1) is 0 Å². The Morgan fingerprint density at radius 3 is 2.59 bits per heavy atom. The second-order valence-electron chi connectivity index (χ2n) is 6.38. The van der Waals surface area contributed by atoms with Crippen molar-refractivity contribution < 1.29 is 9.13 Å². The summed E-state index contributed by atoms with van der Waals surface area (Å²) in [5.41, 5.74) is 1.35. The molecule has 0 amide bonds. The summed E-state index contributed by atoms with van der Waals surface area (Å²) >= 11 is 7.11. The highest BCUT2D eigenvalue weighted by Gasteiger charge is 2.18. The predicted molar refractivity (Wildman–Crippen MR) is 125 cm³/mol. The number of aromatic nitrogens is 5. The first-order valence-corrected chi connectivity index (χ1v) is 10.5. The minimum Gasteiger partial charge on any atom is -0.480 e. The number of nitrogens with zero attached hydrogens (tertiary/aromatic N) is 5. The molecule has 0 aliphatic rings. The molecule has 12 heteroatoms. The lowest BCUT2D eigenvalue weighted by atomic mass is 10.1. The van der Waals surface area contributed by atoms with Gasteiger partial charge in [-0.25, -0.2) is 24.3 Å². The van der Waals surface area contributed by atoms with Crippen LogP contribution in [0.15, 0.2) is 41.7 Å². The summed E-state index contributed by atoms with van der Waals surface area (Å²) in [5, 5.41) is 6.99. The summed E-state index contributed by atoms with van der Waals surface area (Å²) in [6.45, 7) is 0. The van der Waals surface area contributed by atoms with Crippen LogP contribution in [0.25, 0.3) is 22.2 Å². The van der Waals surface area contributed by atoms with Crippen LogP contribution in [0.4, 0.5) is 22.0 Å². The van der Waals surface area contributed by atoms with Crippen molar-refractivity contribution in [3.63, 3.8) is 0 Å². The van der Waals surface area contributed by atoms with E-state index in [0.717, 1.165) is 11.9 Å². The maximum atomic E-state index is 15.4. The Labute approximate surface area is 192 Å². The summed E-state index contributed by atoms with van der Waals surface area (Å²) < 4.78 is 23.6. The monoisotopic (exact) mass is 472 g/mol. The summed E-state index contributed by atoms with van der Waals surface area (Å²) in [5.74, 6) is 0.783. The number of rotatable bonds is 7. The Bertz CT molecular complexity index is 1290. The van der Waals surface area contributed by atoms with Crippen LogP contribution in [0.5, 0.6) is 5.88 Å². The van der Waals surface area contributed by atoms with E-state index in [1.165, 1.54) is 19.5 Å². The fourth-order valence-electron chi connectivity index (χ4n) is 2.94. The quantitative estimate of drug-likeness (QED) is 0.333. The Kier molecular flexibility index (Phi) is 6.37. The highest BCUT2D eigenvalue weighted by atomic mass is 35.5. The Morgan fingerprint density at radius 2 is 1.84 bits per heavy atom. The molecule has 0 fully saturated rings. The van der Waals surface area contributed by atoms with Gasteiger partial charge in [-0.05, 0) is 30.1 Å². The third-order valence-corrected chi connectivity index (χ3v) is 5.46. The molecule has 4 aromatic rings. The van der Waals surface area contributed by atoms with Crippen molar-refractivity contribution in [1.29, 1.82) is 0 Å². The van der Waals surface area contributed by atoms with Crippen LogP contribution in [-0.4, -0.2) is 46.1 Å². The van der Waals surface area contributed by atoms with Crippen molar-refractivity contribution in [3.8, 4) is 17.0 Å². The Balaban J connectivity index is 1.71. The topological polar surface area (TPSA) is 110 Å². The van der Waals surface area contributed by atoms with Crippen LogP contribution in [0.3, 0.4) is 0 Å². The Morgan fingerprint density at radius 1 is 1.00 bits per heavy atom. The number of pyridine rings is 3. The predicted octanol–water partition coefficient (Wildman–Crippen LogP) is 4.49. The van der Waals surface area contributed by atoms with Crippen LogP contribution in [0, 0.1) is 5.82 Å². The van der Waals surface area contributed by atoms with E-state index in [4.69, 9.17) is 16.3 Å². The van der Waals surface area contributed by atoms with Crippen molar-refractivity contribution in [1.82, 2.24) is 24.9 Å². The zero-order valence-corrected chi connectivity index (χ0v) is 18.8. The highest BCUT2D eigenvalue weighted by molar-refractivity contribution is 8.00. The molecule has 0 radical (unpaired) electrons. The van der Waals surface area contributed by atoms with Gasteiger partial charge in [-0.3, -0.25) is 0 Å². The SMILES string of the molecule is CNc1ncc2cc(-c3ccnc(NSc4cc(Cl)cnc4OC)c3F)c(NC)nc2n1. The third kappa shape index (κ3) is 4.30. The maximum absolute atomic E-state index is 15.4. The third-order valence-electron chi connectivity index (χ3n) is 4.44. The fourth-order valence-corrected chi connectivity index (χ4v) is 3.92. The molecule has 0 atom stereocenters. The molecule has 0 aliphatic heterocycles. The number of halogens is 2. The van der Waals surface area contributed by atoms with Gasteiger partial charge >= 0.3 is 0 Å². The molecular weight excluding hydrogens is 455 g/mol. The number of anilines is 3. The summed E-state index contributed by atoms with van der Waals surface area (Å²) in [4.78, 5) is 21.9. The average molecular weight is 473 g/mol. The Hall–Kier alpha value is -3.44. The first-order chi connectivity index (χ1) is 15.5. The van der Waals surface area contributed by atoms with Gasteiger partial charge < -0.3 is 20.1 Å². The summed E-state index contributed by atoms with van der Waals surface area (Å²) in [7, 11) is 4.93. The molecule has 0 saturated heterocycles. The molecule has 32 heavy (non-hydrogen) atoms. The molecule has 4 heterocycles. The van der Waals surface area contributed by atoms with Gasteiger partial charge in [-0.2, -0.15) is 4.98 Å². The largest absolute Gasteiger partial charge is 0.480 e. The van der Waals surface area contributed by atoms with Crippen molar-refractivity contribution in [3.05, 3.63) is 47.6 Å². The van der Waals surface area contributed by atoms with Crippen LogP contribution < -0.4 is 20.1 Å². The molecular formula is C20H18ClFN8OS. The molecule has 0 saturated carbocycles. The molecule has 4 rings (SSSR count). The molecule has 164 valence electrons. The lowest BCUT2D eigenvalue weighted by Gasteiger charge is -2.13. The van der Waals surface area contributed by atoms with Crippen LogP contribution in [0.1, 0.15) is 0 Å². The highest BCUT2D eigenvalue weighted by Crippen LogP contribution is 2.35. The second kappa shape index (κ2) is 9.37. The van der Waals surface area contributed by atoms with Gasteiger partial charge in [-0.1, -0.05) is 11.6 Å². The van der Waals surface area contributed by atoms with Gasteiger partial charge in [0.05, 0.1) is 17.0 Å². The minimum atomic E-state index is -0.542. The number of fused-ring (bicyclic) bond motifs is 1. The van der Waals surface area contributed by atoms with Gasteiger partial charge in [0.2, 0.25) is 11.8 Å². The molecule has 0 unspecified atom stereocenters. The number of hydrogen-bond acceptors (Lipinski definition) is 10. The van der Waals surface area contributed by atoms with Gasteiger partial charge in [0.15, 0.2) is 17.3 Å². The number of methoxy groups -OCH3 is 1. The minimum absolute atomic E-state index is 0.0402. The second-order valence-corrected chi connectivity index (χ2v) is 7.66. The van der Waals surface area contributed by atoms with Crippen molar-refractivity contribution in [2.45, 2.75) is 4.90 Å². The van der Waals surface area contributed by atoms with Crippen LogP contribution in [-0.2, 0) is 0 Å². The molecule has 9 nitrogen and oxygen atoms in total. The first-order valence-electron chi connectivity index (χ1n) is 9.34. The van der Waals surface area contributed by atoms with E-state index < -0.39 is 5.82 Å². The molecule has 0 bridgehead atoms. The zero-order valence-electron chi connectivity index (χ0n) is 17.3. The van der Waals surface area contributed by atoms with Gasteiger partial charge in [0.25, 0.3) is 0 Å². The fraction of sp³-hybridized carbons (Fsp3) is 0.150. The maximum Gasteiger partial charge on any atom is 0.228 e. The normalized spacial score (nSPS) is 10.8. The number of nitrogens with one attached hydrogen (secondary N) is 3. The average Bonchev–Trinajstić information content (AvgIpc) is 2.82. The number of ether oxygens (including phenoxy) is 1. The van der Waals surface area contributed by atoms with E-state index in [2.05, 4.69) is 40.3 Å². The lowest BCUT2D eigenvalue weighted by Crippen LogP contribution is -2.03. The number of hydrogen-bond donors (Lipinski definition) is 3. The van der Waals surface area contributed by atoms with E-state index in [1.54, 1.807) is 38.5 Å². The molecule has 3 N–H and O–H groups in total. The van der Waals surface area contributed by atoms with Crippen molar-refractivity contribution in [2.75, 3.05) is 36.6 Å². The molecule has 0 aliphatic carbocycles. The zero-order chi connectivity index (χ0) is 22.7. The molecule has 0 spiro atoms. The van der Waals surface area contributed by atoms with E-state index in [9.17, 15) is 0 Å². The standard InChI is InChI=1S/C20H18ClFN8OS/c1-23-17-13(6-10-8-27-20(24-2)29-16(10)28-17)12-4-5-25-18(15(12)22)30-32-14-7-11(21)9-26-19(14)31-3/h4-9H,1-3H3,(H,25,30)(H2,23,24,27,28,29). The molecule has 0 aromatic carbocycles.